The molecule has 104 valence electrons. The number of rotatable bonds is 6. The number of furan rings is 1. The molecule has 0 atom stereocenters. The van der Waals surface area contributed by atoms with Crippen LogP contribution in [0.5, 0.6) is 0 Å². The molecule has 2 rings (SSSR count). The van der Waals surface area contributed by atoms with Crippen molar-refractivity contribution in [3.8, 4) is 0 Å². The zero-order valence-electron chi connectivity index (χ0n) is 9.79. The van der Waals surface area contributed by atoms with Crippen molar-refractivity contribution >= 4 is 21.9 Å². The average Bonchev–Trinajstić information content (AvgIpc) is 2.97. The van der Waals surface area contributed by atoms with Crippen LogP contribution in [0.4, 0.5) is 0 Å². The highest BCUT2D eigenvalue weighted by Gasteiger charge is 2.30. The van der Waals surface area contributed by atoms with Gasteiger partial charge in [-0.1, -0.05) is 0 Å². The van der Waals surface area contributed by atoms with E-state index in [0.29, 0.717) is 0 Å². The van der Waals surface area contributed by atoms with Gasteiger partial charge < -0.3 is 14.9 Å². The molecule has 8 nitrogen and oxygen atoms in total. The molecule has 0 unspecified atom stereocenters. The Morgan fingerprint density at radius 3 is 2.68 bits per heavy atom. The summed E-state index contributed by atoms with van der Waals surface area (Å²) in [5.41, 5.74) is 4.80. The molecule has 19 heavy (non-hydrogen) atoms. The zero-order chi connectivity index (χ0) is 14.0. The number of sulfonamides is 1. The Labute approximate surface area is 108 Å². The van der Waals surface area contributed by atoms with Crippen LogP contribution in [0.15, 0.2) is 21.6 Å². The molecule has 0 aliphatic heterocycles. The lowest BCUT2D eigenvalue weighted by Gasteiger charge is -2.01. The van der Waals surface area contributed by atoms with Gasteiger partial charge in [0.15, 0.2) is 6.61 Å². The number of primary amides is 1. The van der Waals surface area contributed by atoms with E-state index in [4.69, 9.17) is 10.2 Å². The van der Waals surface area contributed by atoms with Gasteiger partial charge in [0.2, 0.25) is 10.9 Å². The van der Waals surface area contributed by atoms with E-state index in [0.717, 1.165) is 25.0 Å². The third-order valence-corrected chi connectivity index (χ3v) is 3.68. The molecule has 1 heterocycles. The number of hydrogen-bond acceptors (Lipinski definition) is 6. The standard InChI is InChI=1S/C10H12N2O6S/c11-8(13)5-17-10(14)7-3-4-9(18-7)19(15,16)12-6-1-2-6/h3-4,6,12H,1-2,5H2,(H2,11,13). The number of nitrogens with one attached hydrogen (secondary N) is 1. The van der Waals surface area contributed by atoms with E-state index >= 15 is 0 Å². The first-order chi connectivity index (χ1) is 8.88. The molecule has 0 aromatic carbocycles. The van der Waals surface area contributed by atoms with E-state index in [2.05, 4.69) is 9.46 Å². The second-order valence-corrected chi connectivity index (χ2v) is 5.70. The van der Waals surface area contributed by atoms with E-state index in [9.17, 15) is 18.0 Å². The molecule has 0 bridgehead atoms. The summed E-state index contributed by atoms with van der Waals surface area (Å²) < 4.78 is 35.3. The fraction of sp³-hybridized carbons (Fsp3) is 0.400. The fourth-order valence-electron chi connectivity index (χ4n) is 1.26. The maximum Gasteiger partial charge on any atom is 0.374 e. The highest BCUT2D eigenvalue weighted by Crippen LogP contribution is 2.23. The lowest BCUT2D eigenvalue weighted by Crippen LogP contribution is -2.25. The Bertz CT molecular complexity index is 601. The topological polar surface area (TPSA) is 129 Å². The van der Waals surface area contributed by atoms with E-state index in [1.807, 2.05) is 0 Å². The Morgan fingerprint density at radius 1 is 1.42 bits per heavy atom. The summed E-state index contributed by atoms with van der Waals surface area (Å²) in [4.78, 5) is 21.8. The first-order valence-corrected chi connectivity index (χ1v) is 6.94. The van der Waals surface area contributed by atoms with Gasteiger partial charge in [0.1, 0.15) is 0 Å². The fourth-order valence-corrected chi connectivity index (χ4v) is 2.50. The van der Waals surface area contributed by atoms with Crippen molar-refractivity contribution in [3.63, 3.8) is 0 Å². The van der Waals surface area contributed by atoms with Crippen LogP contribution in [-0.2, 0) is 19.6 Å². The molecule has 3 N–H and O–H groups in total. The minimum atomic E-state index is -3.76. The van der Waals surface area contributed by atoms with Crippen LogP contribution >= 0.6 is 0 Å². The van der Waals surface area contributed by atoms with Gasteiger partial charge in [-0.15, -0.1) is 0 Å². The molecule has 1 aromatic heterocycles. The largest absolute Gasteiger partial charge is 0.450 e. The van der Waals surface area contributed by atoms with Crippen LogP contribution in [0, 0.1) is 0 Å². The maximum absolute atomic E-state index is 11.8. The molecular formula is C10H12N2O6S. The van der Waals surface area contributed by atoms with Crippen LogP contribution in [0.25, 0.3) is 0 Å². The summed E-state index contributed by atoms with van der Waals surface area (Å²) in [6.07, 6.45) is 1.57. The summed E-state index contributed by atoms with van der Waals surface area (Å²) >= 11 is 0. The Hall–Kier alpha value is -1.87. The molecule has 1 aromatic rings. The third-order valence-electron chi connectivity index (χ3n) is 2.29. The van der Waals surface area contributed by atoms with Crippen LogP contribution < -0.4 is 10.5 Å². The molecule has 0 spiro atoms. The van der Waals surface area contributed by atoms with Gasteiger partial charge in [0.05, 0.1) is 0 Å². The van der Waals surface area contributed by atoms with Gasteiger partial charge in [-0.25, -0.2) is 17.9 Å². The number of hydrogen-bond donors (Lipinski definition) is 2. The van der Waals surface area contributed by atoms with Crippen LogP contribution in [0.2, 0.25) is 0 Å². The van der Waals surface area contributed by atoms with E-state index in [-0.39, 0.29) is 16.9 Å². The SMILES string of the molecule is NC(=O)COC(=O)c1ccc(S(=O)(=O)NC2CC2)o1. The Kier molecular flexibility index (Phi) is 3.58. The van der Waals surface area contributed by atoms with Crippen molar-refractivity contribution in [1.82, 2.24) is 4.72 Å². The lowest BCUT2D eigenvalue weighted by molar-refractivity contribution is -0.121. The van der Waals surface area contributed by atoms with Gasteiger partial charge in [0, 0.05) is 6.04 Å². The minimum absolute atomic E-state index is 0.0691. The van der Waals surface area contributed by atoms with Crippen molar-refractivity contribution in [3.05, 3.63) is 17.9 Å². The molecule has 1 aliphatic carbocycles. The quantitative estimate of drug-likeness (QED) is 0.670. The molecule has 0 saturated heterocycles. The smallest absolute Gasteiger partial charge is 0.374 e. The predicted octanol–water partition coefficient (Wildman–Crippen LogP) is -0.638. The van der Waals surface area contributed by atoms with Crippen LogP contribution in [-0.4, -0.2) is 32.9 Å². The number of carbonyl (C=O) groups is 2. The number of nitrogens with two attached hydrogens (primary N) is 1. The number of esters is 1. The van der Waals surface area contributed by atoms with E-state index < -0.39 is 28.5 Å². The van der Waals surface area contributed by atoms with Crippen LogP contribution in [0.1, 0.15) is 23.4 Å². The van der Waals surface area contributed by atoms with Crippen LogP contribution in [0.3, 0.4) is 0 Å². The highest BCUT2D eigenvalue weighted by atomic mass is 32.2. The molecule has 9 heteroatoms. The lowest BCUT2D eigenvalue weighted by atomic mass is 10.4. The zero-order valence-corrected chi connectivity index (χ0v) is 10.6. The summed E-state index contributed by atoms with van der Waals surface area (Å²) in [7, 11) is -3.76. The molecule has 1 saturated carbocycles. The van der Waals surface area contributed by atoms with Gasteiger partial charge in [0.25, 0.3) is 15.9 Å². The predicted molar refractivity (Wildman–Crippen MR) is 61.5 cm³/mol. The molecular weight excluding hydrogens is 276 g/mol. The maximum atomic E-state index is 11.8. The first-order valence-electron chi connectivity index (χ1n) is 5.46. The molecule has 1 fully saturated rings. The number of ether oxygens (including phenoxy) is 1. The van der Waals surface area contributed by atoms with Gasteiger partial charge >= 0.3 is 5.97 Å². The van der Waals surface area contributed by atoms with Crippen molar-refractivity contribution in [2.75, 3.05) is 6.61 Å². The third kappa shape index (κ3) is 3.55. The van der Waals surface area contributed by atoms with Crippen molar-refractivity contribution < 1.29 is 27.2 Å². The summed E-state index contributed by atoms with van der Waals surface area (Å²) in [6.45, 7) is -0.595. The van der Waals surface area contributed by atoms with Crippen molar-refractivity contribution in [2.24, 2.45) is 5.73 Å². The second kappa shape index (κ2) is 5.02. The summed E-state index contributed by atoms with van der Waals surface area (Å²) in [5, 5.41) is -0.370. The van der Waals surface area contributed by atoms with Crippen molar-refractivity contribution in [2.45, 2.75) is 24.0 Å². The summed E-state index contributed by atoms with van der Waals surface area (Å²) in [6, 6.07) is 2.23. The van der Waals surface area contributed by atoms with Crippen molar-refractivity contribution in [1.29, 1.82) is 0 Å². The Morgan fingerprint density at radius 2 is 2.11 bits per heavy atom. The first kappa shape index (κ1) is 13.6. The van der Waals surface area contributed by atoms with Gasteiger partial charge in [-0.2, -0.15) is 0 Å². The minimum Gasteiger partial charge on any atom is -0.450 e. The highest BCUT2D eigenvalue weighted by molar-refractivity contribution is 7.89. The monoisotopic (exact) mass is 288 g/mol. The number of amides is 1. The molecule has 0 radical (unpaired) electrons. The number of carbonyl (C=O) groups excluding carboxylic acids is 2. The van der Waals surface area contributed by atoms with E-state index in [1.54, 1.807) is 0 Å². The second-order valence-electron chi connectivity index (χ2n) is 4.06. The van der Waals surface area contributed by atoms with Gasteiger partial charge in [-0.05, 0) is 25.0 Å². The van der Waals surface area contributed by atoms with E-state index in [1.165, 1.54) is 0 Å². The van der Waals surface area contributed by atoms with Gasteiger partial charge in [-0.3, -0.25) is 4.79 Å². The molecule has 1 amide bonds. The normalized spacial score (nSPS) is 15.2. The summed E-state index contributed by atoms with van der Waals surface area (Å²) in [5.74, 6) is -2.08. The molecule has 1 aliphatic rings. The Balaban J connectivity index is 2.05. The average molecular weight is 288 g/mol.